The van der Waals surface area contributed by atoms with Gasteiger partial charge in [0.05, 0.1) is 0 Å². The zero-order valence-electron chi connectivity index (χ0n) is 12.7. The Morgan fingerprint density at radius 2 is 1.84 bits per heavy atom. The Kier molecular flexibility index (Phi) is 6.36. The largest absolute Gasteiger partial charge is 0.354 e. The maximum atomic E-state index is 4.22. The van der Waals surface area contributed by atoms with Crippen molar-refractivity contribution in [3.05, 3.63) is 35.4 Å². The first-order valence-corrected chi connectivity index (χ1v) is 6.71. The number of nitrogens with one attached hydrogen (secondary N) is 2. The number of rotatable bonds is 5. The number of nitrogens with zero attached hydrogens (tertiary/aromatic N) is 2. The van der Waals surface area contributed by atoms with Gasteiger partial charge in [0, 0.05) is 26.2 Å². The van der Waals surface area contributed by atoms with Gasteiger partial charge in [-0.3, -0.25) is 4.99 Å². The summed E-state index contributed by atoms with van der Waals surface area (Å²) >= 11 is 0. The average Bonchev–Trinajstić information content (AvgIpc) is 2.35. The average molecular weight is 262 g/mol. The number of aliphatic imine (C=N–C) groups is 1. The summed E-state index contributed by atoms with van der Waals surface area (Å²) in [6, 6.07) is 8.88. The molecular weight excluding hydrogens is 236 g/mol. The monoisotopic (exact) mass is 262 g/mol. The highest BCUT2D eigenvalue weighted by Gasteiger charge is 2.05. The van der Waals surface area contributed by atoms with Crippen molar-refractivity contribution in [3.8, 4) is 0 Å². The molecule has 0 amide bonds. The minimum absolute atomic E-state index is 0.378. The van der Waals surface area contributed by atoms with Gasteiger partial charge in [0.25, 0.3) is 0 Å². The van der Waals surface area contributed by atoms with Crippen LogP contribution in [0.2, 0.25) is 0 Å². The minimum Gasteiger partial charge on any atom is -0.354 e. The van der Waals surface area contributed by atoms with Crippen molar-refractivity contribution in [3.63, 3.8) is 0 Å². The molecular formula is C15H26N4. The summed E-state index contributed by atoms with van der Waals surface area (Å²) in [5.41, 5.74) is 2.66. The molecule has 2 N–H and O–H groups in total. The molecule has 19 heavy (non-hydrogen) atoms. The molecule has 0 aliphatic carbocycles. The molecule has 106 valence electrons. The van der Waals surface area contributed by atoms with Crippen LogP contribution in [0.4, 0.5) is 0 Å². The first-order chi connectivity index (χ1) is 9.02. The van der Waals surface area contributed by atoms with Gasteiger partial charge in [0.1, 0.15) is 0 Å². The van der Waals surface area contributed by atoms with E-state index >= 15 is 0 Å². The predicted octanol–water partition coefficient (Wildman–Crippen LogP) is 1.82. The van der Waals surface area contributed by atoms with Gasteiger partial charge < -0.3 is 15.5 Å². The number of benzene rings is 1. The molecule has 0 unspecified atom stereocenters. The molecule has 0 fully saturated rings. The van der Waals surface area contributed by atoms with Crippen molar-refractivity contribution >= 4 is 5.96 Å². The van der Waals surface area contributed by atoms with E-state index in [1.165, 1.54) is 11.1 Å². The van der Waals surface area contributed by atoms with Gasteiger partial charge in [-0.15, -0.1) is 0 Å². The van der Waals surface area contributed by atoms with Crippen LogP contribution in [0.5, 0.6) is 0 Å². The maximum absolute atomic E-state index is 4.22. The molecule has 0 atom stereocenters. The van der Waals surface area contributed by atoms with Crippen LogP contribution in [-0.2, 0) is 13.1 Å². The third kappa shape index (κ3) is 5.75. The molecule has 4 heteroatoms. The van der Waals surface area contributed by atoms with Crippen LogP contribution >= 0.6 is 0 Å². The smallest absolute Gasteiger partial charge is 0.191 e. The molecule has 1 aromatic carbocycles. The third-order valence-corrected chi connectivity index (χ3v) is 2.70. The van der Waals surface area contributed by atoms with Gasteiger partial charge in [-0.05, 0) is 39.1 Å². The van der Waals surface area contributed by atoms with Crippen LogP contribution in [0.25, 0.3) is 0 Å². The van der Waals surface area contributed by atoms with Crippen molar-refractivity contribution in [2.24, 2.45) is 4.99 Å². The fourth-order valence-electron chi connectivity index (χ4n) is 1.87. The molecule has 1 rings (SSSR count). The Labute approximate surface area is 116 Å². The van der Waals surface area contributed by atoms with Gasteiger partial charge in [-0.2, -0.15) is 0 Å². The van der Waals surface area contributed by atoms with Crippen molar-refractivity contribution in [2.75, 3.05) is 21.1 Å². The van der Waals surface area contributed by atoms with Gasteiger partial charge in [0.15, 0.2) is 5.96 Å². The fraction of sp³-hybridized carbons (Fsp3) is 0.533. The topological polar surface area (TPSA) is 39.7 Å². The lowest BCUT2D eigenvalue weighted by Gasteiger charge is -2.17. The van der Waals surface area contributed by atoms with Crippen LogP contribution in [0, 0.1) is 0 Å². The van der Waals surface area contributed by atoms with Crippen LogP contribution in [0.1, 0.15) is 25.0 Å². The van der Waals surface area contributed by atoms with Crippen LogP contribution in [0.15, 0.2) is 29.3 Å². The number of hydrogen-bond acceptors (Lipinski definition) is 2. The normalized spacial score (nSPS) is 12.1. The lowest BCUT2D eigenvalue weighted by molar-refractivity contribution is 0.400. The molecule has 0 saturated heterocycles. The highest BCUT2D eigenvalue weighted by atomic mass is 15.2. The molecule has 0 aliphatic rings. The van der Waals surface area contributed by atoms with E-state index in [9.17, 15) is 0 Å². The Balaban J connectivity index is 2.66. The number of hydrogen-bond donors (Lipinski definition) is 2. The molecule has 0 saturated carbocycles. The maximum Gasteiger partial charge on any atom is 0.191 e. The lowest BCUT2D eigenvalue weighted by Crippen LogP contribution is -2.40. The van der Waals surface area contributed by atoms with Gasteiger partial charge in [-0.1, -0.05) is 24.3 Å². The summed E-state index contributed by atoms with van der Waals surface area (Å²) in [6.45, 7) is 5.95. The quantitative estimate of drug-likeness (QED) is 0.628. The van der Waals surface area contributed by atoms with Crippen LogP contribution in [-0.4, -0.2) is 38.0 Å². The molecule has 0 aromatic heterocycles. The van der Waals surface area contributed by atoms with Crippen molar-refractivity contribution in [1.29, 1.82) is 0 Å². The van der Waals surface area contributed by atoms with Crippen LogP contribution in [0.3, 0.4) is 0 Å². The molecule has 0 radical (unpaired) electrons. The van der Waals surface area contributed by atoms with E-state index in [2.05, 4.69) is 72.7 Å². The summed E-state index contributed by atoms with van der Waals surface area (Å²) in [4.78, 5) is 6.40. The standard InChI is InChI=1S/C15H26N4/c1-12(2)18-15(16-3)17-10-13-8-6-7-9-14(13)11-19(4)5/h6-9,12H,10-11H2,1-5H3,(H2,16,17,18). The van der Waals surface area contributed by atoms with E-state index in [1.54, 1.807) is 7.05 Å². The summed E-state index contributed by atoms with van der Waals surface area (Å²) in [6.07, 6.45) is 0. The third-order valence-electron chi connectivity index (χ3n) is 2.70. The van der Waals surface area contributed by atoms with E-state index in [-0.39, 0.29) is 0 Å². The van der Waals surface area contributed by atoms with Crippen molar-refractivity contribution in [2.45, 2.75) is 33.0 Å². The molecule has 0 spiro atoms. The van der Waals surface area contributed by atoms with Crippen molar-refractivity contribution < 1.29 is 0 Å². The van der Waals surface area contributed by atoms with Gasteiger partial charge in [-0.25, -0.2) is 0 Å². The lowest BCUT2D eigenvalue weighted by atomic mass is 10.1. The summed E-state index contributed by atoms with van der Waals surface area (Å²) in [7, 11) is 5.97. The SMILES string of the molecule is CN=C(NCc1ccccc1CN(C)C)NC(C)C. The van der Waals surface area contributed by atoms with E-state index in [4.69, 9.17) is 0 Å². The Morgan fingerprint density at radius 1 is 1.21 bits per heavy atom. The molecule has 0 aliphatic heterocycles. The van der Waals surface area contributed by atoms with Crippen molar-refractivity contribution in [1.82, 2.24) is 15.5 Å². The van der Waals surface area contributed by atoms with E-state index < -0.39 is 0 Å². The van der Waals surface area contributed by atoms with E-state index in [1.807, 2.05) is 0 Å². The predicted molar refractivity (Wildman–Crippen MR) is 82.3 cm³/mol. The summed E-state index contributed by atoms with van der Waals surface area (Å²) in [5.74, 6) is 0.842. The second kappa shape index (κ2) is 7.79. The second-order valence-electron chi connectivity index (χ2n) is 5.23. The molecule has 1 aromatic rings. The minimum atomic E-state index is 0.378. The Hall–Kier alpha value is -1.55. The fourth-order valence-corrected chi connectivity index (χ4v) is 1.87. The van der Waals surface area contributed by atoms with E-state index in [0.717, 1.165) is 19.0 Å². The molecule has 0 heterocycles. The first-order valence-electron chi connectivity index (χ1n) is 6.71. The highest BCUT2D eigenvalue weighted by molar-refractivity contribution is 5.79. The molecule has 0 bridgehead atoms. The Morgan fingerprint density at radius 3 is 2.37 bits per heavy atom. The van der Waals surface area contributed by atoms with E-state index in [0.29, 0.717) is 6.04 Å². The number of guanidine groups is 1. The van der Waals surface area contributed by atoms with Crippen LogP contribution < -0.4 is 10.6 Å². The summed E-state index contributed by atoms with van der Waals surface area (Å²) in [5, 5.41) is 6.64. The summed E-state index contributed by atoms with van der Waals surface area (Å²) < 4.78 is 0. The Bertz CT molecular complexity index is 410. The molecule has 4 nitrogen and oxygen atoms in total. The second-order valence-corrected chi connectivity index (χ2v) is 5.23. The van der Waals surface area contributed by atoms with Gasteiger partial charge >= 0.3 is 0 Å². The highest BCUT2D eigenvalue weighted by Crippen LogP contribution is 2.10. The zero-order chi connectivity index (χ0) is 14.3. The first kappa shape index (κ1) is 15.5. The van der Waals surface area contributed by atoms with Gasteiger partial charge in [0.2, 0.25) is 0 Å². The zero-order valence-corrected chi connectivity index (χ0v) is 12.7.